The number of imide groups is 2. The molecule has 0 saturated carbocycles. The summed E-state index contributed by atoms with van der Waals surface area (Å²) >= 11 is 0. The zero-order valence-corrected chi connectivity index (χ0v) is 36.1. The van der Waals surface area contributed by atoms with Crippen LogP contribution >= 0.6 is 0 Å². The SMILES string of the molecule is NC(=O)c1nn(-c2ccc(C(=O)CCCOCCOCCOCCCc3cccc4c3C(=O)N(C3CCC(=O)NC3=O)C4=O)cc2)cc1NC(=O)c1coc(-c2ccnc(NCC(F)(F)F)c2)n1. The Hall–Kier alpha value is -7.63. The number of alkyl halides is 3. The van der Waals surface area contributed by atoms with Crippen molar-refractivity contribution < 1.29 is 65.4 Å². The number of pyridine rings is 1. The lowest BCUT2D eigenvalue weighted by atomic mass is 9.99. The van der Waals surface area contributed by atoms with E-state index in [1.165, 1.54) is 29.2 Å². The Balaban J connectivity index is 0.772. The van der Waals surface area contributed by atoms with E-state index in [0.29, 0.717) is 75.7 Å². The molecule has 6 amide bonds. The fourth-order valence-electron chi connectivity index (χ4n) is 7.31. The zero-order chi connectivity index (χ0) is 48.4. The monoisotopic (exact) mass is 943 g/mol. The number of aryl methyl sites for hydroxylation is 1. The summed E-state index contributed by atoms with van der Waals surface area (Å²) in [7, 11) is 0. The summed E-state index contributed by atoms with van der Waals surface area (Å²) in [6, 6.07) is 13.1. The first kappa shape index (κ1) is 48.3. The normalized spacial score (nSPS) is 14.8. The smallest absolute Gasteiger partial charge is 0.405 e. The number of ketones is 1. The average molecular weight is 944 g/mol. The Kier molecular flexibility index (Phi) is 15.5. The third-order valence-electron chi connectivity index (χ3n) is 10.6. The van der Waals surface area contributed by atoms with E-state index in [9.17, 15) is 46.7 Å². The van der Waals surface area contributed by atoms with E-state index in [2.05, 4.69) is 31.0 Å². The molecule has 0 bridgehead atoms. The van der Waals surface area contributed by atoms with Gasteiger partial charge in [0.15, 0.2) is 17.2 Å². The molecule has 5 N–H and O–H groups in total. The fourth-order valence-corrected chi connectivity index (χ4v) is 7.31. The number of carbonyl (C=O) groups is 7. The highest BCUT2D eigenvalue weighted by Gasteiger charge is 2.45. The molecule has 20 nitrogen and oxygen atoms in total. The maximum atomic E-state index is 13.3. The van der Waals surface area contributed by atoms with E-state index in [4.69, 9.17) is 24.4 Å². The average Bonchev–Trinajstić information content (AvgIpc) is 4.05. The van der Waals surface area contributed by atoms with Crippen LogP contribution in [0.1, 0.15) is 89.7 Å². The highest BCUT2D eigenvalue weighted by molar-refractivity contribution is 6.24. The summed E-state index contributed by atoms with van der Waals surface area (Å²) in [6.07, 6.45) is 1.02. The number of primary amides is 1. The number of Topliss-reactive ketones (excluding diaryl/α,β-unsaturated/α-hetero) is 1. The number of halogens is 3. The second-order valence-corrected chi connectivity index (χ2v) is 15.4. The molecule has 23 heteroatoms. The van der Waals surface area contributed by atoms with Crippen LogP contribution in [-0.2, 0) is 30.2 Å². The molecule has 0 aliphatic carbocycles. The van der Waals surface area contributed by atoms with Crippen molar-refractivity contribution in [3.05, 3.63) is 107 Å². The molecule has 2 aromatic carbocycles. The first-order chi connectivity index (χ1) is 32.7. The standard InChI is InChI=1S/C45H44F3N9O11/c46-45(47,48)25-51-35-22-28(14-15-50-35)42-53-32(24-68-42)40(61)52-31-23-56(55-38(31)39(49)60)29-10-8-26(9-11-29)34(58)7-3-17-66-19-21-67-20-18-65-16-2-5-27-4-1-6-30-37(27)44(64)57(43(30)63)33-12-13-36(59)54-41(33)62/h1,4,6,8-11,14-15,22-24,33H,2-3,5,7,12-13,16-21,25H2,(H2,49,60)(H,50,51)(H,52,61)(H,54,59,62). The quantitative estimate of drug-likeness (QED) is 0.0404. The summed E-state index contributed by atoms with van der Waals surface area (Å²) in [4.78, 5) is 97.3. The summed E-state index contributed by atoms with van der Waals surface area (Å²) in [5.74, 6) is -4.20. The number of benzene rings is 2. The molecule has 68 heavy (non-hydrogen) atoms. The second-order valence-electron chi connectivity index (χ2n) is 15.4. The van der Waals surface area contributed by atoms with Crippen LogP contribution in [0.4, 0.5) is 24.7 Å². The number of nitrogens with zero attached hydrogens (tertiary/aromatic N) is 5. The number of amides is 6. The van der Waals surface area contributed by atoms with Crippen LogP contribution in [0, 0.1) is 0 Å². The lowest BCUT2D eigenvalue weighted by Crippen LogP contribution is -2.54. The molecule has 0 radical (unpaired) electrons. The molecule has 5 heterocycles. The number of ether oxygens (including phenoxy) is 3. The number of aromatic nitrogens is 4. The predicted octanol–water partition coefficient (Wildman–Crippen LogP) is 4.29. The van der Waals surface area contributed by atoms with Crippen molar-refractivity contribution in [3.8, 4) is 17.1 Å². The van der Waals surface area contributed by atoms with Gasteiger partial charge < -0.3 is 35.0 Å². The van der Waals surface area contributed by atoms with Crippen LogP contribution in [0.3, 0.4) is 0 Å². The van der Waals surface area contributed by atoms with E-state index in [0.717, 1.165) is 11.2 Å². The van der Waals surface area contributed by atoms with Crippen molar-refractivity contribution in [2.24, 2.45) is 5.73 Å². The minimum absolute atomic E-state index is 0.0443. The highest BCUT2D eigenvalue weighted by atomic mass is 19.4. The number of piperidine rings is 1. The number of carbonyl (C=O) groups excluding carboxylic acids is 7. The van der Waals surface area contributed by atoms with Gasteiger partial charge >= 0.3 is 6.18 Å². The summed E-state index contributed by atoms with van der Waals surface area (Å²) in [6.45, 7) is 0.680. The van der Waals surface area contributed by atoms with E-state index in [-0.39, 0.29) is 70.5 Å². The molecule has 356 valence electrons. The molecule has 2 aliphatic heterocycles. The van der Waals surface area contributed by atoms with Gasteiger partial charge in [-0.3, -0.25) is 43.8 Å². The summed E-state index contributed by atoms with van der Waals surface area (Å²) in [5, 5.41) is 11.0. The van der Waals surface area contributed by atoms with E-state index < -0.39 is 54.2 Å². The van der Waals surface area contributed by atoms with Gasteiger partial charge in [-0.05, 0) is 73.7 Å². The molecule has 3 aromatic heterocycles. The first-order valence-electron chi connectivity index (χ1n) is 21.3. The first-order valence-corrected chi connectivity index (χ1v) is 21.3. The maximum Gasteiger partial charge on any atom is 0.405 e. The number of anilines is 2. The number of hydrogen-bond acceptors (Lipinski definition) is 15. The Labute approximate surface area is 384 Å². The lowest BCUT2D eigenvalue weighted by Gasteiger charge is -2.27. The van der Waals surface area contributed by atoms with Crippen molar-refractivity contribution in [1.29, 1.82) is 0 Å². The van der Waals surface area contributed by atoms with Gasteiger partial charge in [0.2, 0.25) is 17.7 Å². The van der Waals surface area contributed by atoms with Gasteiger partial charge in [0.25, 0.3) is 23.6 Å². The van der Waals surface area contributed by atoms with Crippen molar-refractivity contribution in [2.45, 2.75) is 50.7 Å². The predicted molar refractivity (Wildman–Crippen MR) is 232 cm³/mol. The molecule has 1 unspecified atom stereocenters. The van der Waals surface area contributed by atoms with Crippen molar-refractivity contribution in [2.75, 3.05) is 56.8 Å². The minimum Gasteiger partial charge on any atom is -0.444 e. The Morgan fingerprint density at radius 3 is 2.34 bits per heavy atom. The Morgan fingerprint density at radius 1 is 0.912 bits per heavy atom. The second kappa shape index (κ2) is 21.8. The topological polar surface area (TPSA) is 269 Å². The molecule has 1 atom stereocenters. The van der Waals surface area contributed by atoms with Gasteiger partial charge in [-0.2, -0.15) is 18.3 Å². The number of oxazole rings is 1. The number of fused-ring (bicyclic) bond motifs is 1. The largest absolute Gasteiger partial charge is 0.444 e. The van der Waals surface area contributed by atoms with E-state index in [1.54, 1.807) is 42.5 Å². The molecule has 1 saturated heterocycles. The molecular formula is C45H44F3N9O11. The summed E-state index contributed by atoms with van der Waals surface area (Å²) in [5.41, 5.74) is 7.33. The van der Waals surface area contributed by atoms with Crippen LogP contribution < -0.4 is 21.7 Å². The van der Waals surface area contributed by atoms with Crippen LogP contribution in [0.25, 0.3) is 17.1 Å². The van der Waals surface area contributed by atoms with Crippen LogP contribution in [0.2, 0.25) is 0 Å². The molecular weight excluding hydrogens is 900 g/mol. The lowest BCUT2D eigenvalue weighted by molar-refractivity contribution is -0.136. The minimum atomic E-state index is -4.46. The third-order valence-corrected chi connectivity index (χ3v) is 10.6. The van der Waals surface area contributed by atoms with Gasteiger partial charge in [-0.25, -0.2) is 14.6 Å². The fraction of sp³-hybridized carbons (Fsp3) is 0.333. The molecule has 0 spiro atoms. The Bertz CT molecular complexity index is 2700. The summed E-state index contributed by atoms with van der Waals surface area (Å²) < 4.78 is 61.3. The molecule has 7 rings (SSSR count). The number of hydrogen-bond donors (Lipinski definition) is 4. The van der Waals surface area contributed by atoms with Crippen LogP contribution in [0.5, 0.6) is 0 Å². The number of nitrogens with two attached hydrogens (primary N) is 1. The molecule has 2 aliphatic rings. The maximum absolute atomic E-state index is 13.3. The zero-order valence-electron chi connectivity index (χ0n) is 36.1. The van der Waals surface area contributed by atoms with Gasteiger partial charge in [-0.1, -0.05) is 12.1 Å². The number of rotatable bonds is 23. The van der Waals surface area contributed by atoms with Gasteiger partial charge in [-0.15, -0.1) is 0 Å². The third kappa shape index (κ3) is 12.0. The Morgan fingerprint density at radius 2 is 1.63 bits per heavy atom. The van der Waals surface area contributed by atoms with Gasteiger partial charge in [0, 0.05) is 43.4 Å². The van der Waals surface area contributed by atoms with Gasteiger partial charge in [0.05, 0.1) is 55.1 Å². The van der Waals surface area contributed by atoms with Crippen molar-refractivity contribution >= 4 is 52.7 Å². The van der Waals surface area contributed by atoms with E-state index >= 15 is 0 Å². The van der Waals surface area contributed by atoms with Crippen LogP contribution in [0.15, 0.2) is 77.7 Å². The van der Waals surface area contributed by atoms with Crippen LogP contribution in [-0.4, -0.2) is 124 Å². The molecule has 5 aromatic rings. The van der Waals surface area contributed by atoms with Crippen molar-refractivity contribution in [1.82, 2.24) is 30.0 Å². The van der Waals surface area contributed by atoms with Gasteiger partial charge in [0.1, 0.15) is 24.7 Å². The highest BCUT2D eigenvalue weighted by Crippen LogP contribution is 2.31. The van der Waals surface area contributed by atoms with Crippen molar-refractivity contribution in [3.63, 3.8) is 0 Å². The van der Waals surface area contributed by atoms with E-state index in [1.807, 2.05) is 0 Å². The number of nitrogens with one attached hydrogen (secondary N) is 3. The molecule has 1 fully saturated rings.